The van der Waals surface area contributed by atoms with Crippen molar-refractivity contribution in [3.8, 4) is 17.2 Å². The maximum Gasteiger partial charge on any atom is 0.145 e. The summed E-state index contributed by atoms with van der Waals surface area (Å²) in [5.74, 6) is 0.616. The van der Waals surface area contributed by atoms with Gasteiger partial charge >= 0.3 is 0 Å². The average molecular weight is 245 g/mol. The van der Waals surface area contributed by atoms with Gasteiger partial charge in [0.1, 0.15) is 22.9 Å². The second kappa shape index (κ2) is 4.87. The minimum absolute atomic E-state index is 0.0148. The van der Waals surface area contributed by atoms with E-state index in [9.17, 15) is 10.2 Å². The lowest BCUT2D eigenvalue weighted by Crippen LogP contribution is -1.94. The van der Waals surface area contributed by atoms with Gasteiger partial charge in [-0.25, -0.2) is 0 Å². The number of hydrogen-bond donors (Lipinski definition) is 3. The predicted molar refractivity (Wildman–Crippen MR) is 70.0 cm³/mol. The first-order valence-corrected chi connectivity index (χ1v) is 5.54. The fourth-order valence-electron chi connectivity index (χ4n) is 1.75. The first-order chi connectivity index (χ1) is 8.61. The van der Waals surface area contributed by atoms with Crippen LogP contribution in [0.4, 0.5) is 5.69 Å². The number of nitrogens with two attached hydrogens (primary N) is 1. The molecule has 0 aliphatic carbocycles. The van der Waals surface area contributed by atoms with Crippen LogP contribution in [0, 0.1) is 0 Å². The van der Waals surface area contributed by atoms with Crippen molar-refractivity contribution >= 4 is 5.69 Å². The molecule has 0 aliphatic rings. The summed E-state index contributed by atoms with van der Waals surface area (Å²) in [5, 5.41) is 19.2. The molecule has 0 aliphatic heterocycles. The van der Waals surface area contributed by atoms with Gasteiger partial charge in [0.05, 0.1) is 7.11 Å². The minimum atomic E-state index is -0.106. The van der Waals surface area contributed by atoms with E-state index in [1.54, 1.807) is 13.2 Å². The third kappa shape index (κ3) is 2.32. The average Bonchev–Trinajstić information content (AvgIpc) is 2.40. The van der Waals surface area contributed by atoms with E-state index in [2.05, 4.69) is 0 Å². The lowest BCUT2D eigenvalue weighted by Gasteiger charge is -2.09. The van der Waals surface area contributed by atoms with Gasteiger partial charge in [-0.2, -0.15) is 0 Å². The van der Waals surface area contributed by atoms with Crippen LogP contribution in [0.3, 0.4) is 0 Å². The third-order valence-electron chi connectivity index (χ3n) is 2.83. The molecule has 0 amide bonds. The molecule has 4 heteroatoms. The standard InChI is InChI=1S/C14H15NO3/c1-18-11-5-2-9(3-6-11)8-10-4-7-12(16)13(15)14(10)17/h2-7,16-17H,8,15H2,1H3. The van der Waals surface area contributed by atoms with Crippen molar-refractivity contribution in [2.45, 2.75) is 6.42 Å². The number of ether oxygens (including phenoxy) is 1. The highest BCUT2D eigenvalue weighted by atomic mass is 16.5. The Kier molecular flexibility index (Phi) is 3.28. The number of benzene rings is 2. The highest BCUT2D eigenvalue weighted by Gasteiger charge is 2.09. The second-order valence-electron chi connectivity index (χ2n) is 4.03. The molecule has 18 heavy (non-hydrogen) atoms. The molecule has 0 atom stereocenters. The number of hydrogen-bond acceptors (Lipinski definition) is 4. The summed E-state index contributed by atoms with van der Waals surface area (Å²) < 4.78 is 5.08. The molecule has 94 valence electrons. The summed E-state index contributed by atoms with van der Waals surface area (Å²) in [5.41, 5.74) is 7.28. The molecular formula is C14H15NO3. The second-order valence-corrected chi connectivity index (χ2v) is 4.03. The fourth-order valence-corrected chi connectivity index (χ4v) is 1.75. The fraction of sp³-hybridized carbons (Fsp3) is 0.143. The van der Waals surface area contributed by atoms with Crippen LogP contribution >= 0.6 is 0 Å². The van der Waals surface area contributed by atoms with Crippen molar-refractivity contribution < 1.29 is 14.9 Å². The van der Waals surface area contributed by atoms with Gasteiger partial charge in [0.2, 0.25) is 0 Å². The molecule has 0 fully saturated rings. The van der Waals surface area contributed by atoms with Gasteiger partial charge in [-0.05, 0) is 23.8 Å². The van der Waals surface area contributed by atoms with Crippen LogP contribution in [0.25, 0.3) is 0 Å². The van der Waals surface area contributed by atoms with Crippen molar-refractivity contribution in [1.29, 1.82) is 0 Å². The molecule has 4 nitrogen and oxygen atoms in total. The highest BCUT2D eigenvalue weighted by molar-refractivity contribution is 5.65. The molecule has 0 radical (unpaired) electrons. The van der Waals surface area contributed by atoms with Crippen LogP contribution < -0.4 is 10.5 Å². The van der Waals surface area contributed by atoms with Gasteiger partial charge in [-0.3, -0.25) is 0 Å². The van der Waals surface area contributed by atoms with Crippen molar-refractivity contribution in [1.82, 2.24) is 0 Å². The Bertz CT molecular complexity index is 550. The number of rotatable bonds is 3. The summed E-state index contributed by atoms with van der Waals surface area (Å²) in [7, 11) is 1.61. The molecule has 0 unspecified atom stereocenters. The Labute approximate surface area is 105 Å². The van der Waals surface area contributed by atoms with Crippen LogP contribution in [0.15, 0.2) is 36.4 Å². The maximum absolute atomic E-state index is 9.83. The monoisotopic (exact) mass is 245 g/mol. The van der Waals surface area contributed by atoms with Gasteiger partial charge < -0.3 is 20.7 Å². The molecule has 0 spiro atoms. The third-order valence-corrected chi connectivity index (χ3v) is 2.83. The van der Waals surface area contributed by atoms with E-state index >= 15 is 0 Å². The highest BCUT2D eigenvalue weighted by Crippen LogP contribution is 2.34. The number of nitrogen functional groups attached to an aromatic ring is 1. The van der Waals surface area contributed by atoms with E-state index in [1.165, 1.54) is 6.07 Å². The van der Waals surface area contributed by atoms with Crippen LogP contribution in [0.5, 0.6) is 17.2 Å². The number of aromatic hydroxyl groups is 2. The molecule has 2 rings (SSSR count). The minimum Gasteiger partial charge on any atom is -0.506 e. The number of anilines is 1. The lowest BCUT2D eigenvalue weighted by molar-refractivity contribution is 0.414. The molecule has 0 heterocycles. The summed E-state index contributed by atoms with van der Waals surface area (Å²) in [6, 6.07) is 10.7. The first kappa shape index (κ1) is 12.1. The van der Waals surface area contributed by atoms with E-state index < -0.39 is 0 Å². The lowest BCUT2D eigenvalue weighted by atomic mass is 10.0. The molecule has 2 aromatic carbocycles. The van der Waals surface area contributed by atoms with E-state index in [4.69, 9.17) is 10.5 Å². The van der Waals surface area contributed by atoms with Crippen LogP contribution in [0.2, 0.25) is 0 Å². The van der Waals surface area contributed by atoms with E-state index in [1.807, 2.05) is 24.3 Å². The molecule has 0 saturated heterocycles. The van der Waals surface area contributed by atoms with Crippen molar-refractivity contribution in [3.05, 3.63) is 47.5 Å². The Hall–Kier alpha value is -2.36. The topological polar surface area (TPSA) is 75.7 Å². The van der Waals surface area contributed by atoms with E-state index in [0.29, 0.717) is 12.0 Å². The molecular weight excluding hydrogens is 230 g/mol. The summed E-state index contributed by atoms with van der Waals surface area (Å²) >= 11 is 0. The number of phenolic OH excluding ortho intramolecular Hbond substituents is 2. The van der Waals surface area contributed by atoms with E-state index in [-0.39, 0.29) is 17.2 Å². The van der Waals surface area contributed by atoms with Crippen molar-refractivity contribution in [2.75, 3.05) is 12.8 Å². The summed E-state index contributed by atoms with van der Waals surface area (Å²) in [4.78, 5) is 0. The molecule has 0 bridgehead atoms. The predicted octanol–water partition coefficient (Wildman–Crippen LogP) is 2.28. The zero-order chi connectivity index (χ0) is 13.1. The molecule has 0 aromatic heterocycles. The van der Waals surface area contributed by atoms with Crippen LogP contribution in [0.1, 0.15) is 11.1 Å². The van der Waals surface area contributed by atoms with Crippen molar-refractivity contribution in [3.63, 3.8) is 0 Å². The van der Waals surface area contributed by atoms with Crippen molar-refractivity contribution in [2.24, 2.45) is 0 Å². The zero-order valence-electron chi connectivity index (χ0n) is 10.1. The number of methoxy groups -OCH3 is 1. The Balaban J connectivity index is 2.25. The summed E-state index contributed by atoms with van der Waals surface area (Å²) in [6.45, 7) is 0. The van der Waals surface area contributed by atoms with Gasteiger partial charge in [-0.15, -0.1) is 0 Å². The molecule has 0 saturated carbocycles. The molecule has 2 aromatic rings. The molecule has 4 N–H and O–H groups in total. The van der Waals surface area contributed by atoms with Crippen LogP contribution in [-0.2, 0) is 6.42 Å². The Morgan fingerprint density at radius 2 is 1.72 bits per heavy atom. The quantitative estimate of drug-likeness (QED) is 0.572. The van der Waals surface area contributed by atoms with Gasteiger partial charge in [0.25, 0.3) is 0 Å². The summed E-state index contributed by atoms with van der Waals surface area (Å²) in [6.07, 6.45) is 0.542. The van der Waals surface area contributed by atoms with Gasteiger partial charge in [0, 0.05) is 12.0 Å². The van der Waals surface area contributed by atoms with Gasteiger partial charge in [-0.1, -0.05) is 18.2 Å². The largest absolute Gasteiger partial charge is 0.506 e. The smallest absolute Gasteiger partial charge is 0.145 e. The zero-order valence-corrected chi connectivity index (χ0v) is 10.1. The van der Waals surface area contributed by atoms with Gasteiger partial charge in [0.15, 0.2) is 0 Å². The van der Waals surface area contributed by atoms with E-state index in [0.717, 1.165) is 11.3 Å². The Morgan fingerprint density at radius 3 is 2.33 bits per heavy atom. The normalized spacial score (nSPS) is 10.3. The Morgan fingerprint density at radius 1 is 1.06 bits per heavy atom. The maximum atomic E-state index is 9.83. The van der Waals surface area contributed by atoms with Crippen LogP contribution in [-0.4, -0.2) is 17.3 Å². The SMILES string of the molecule is COc1ccc(Cc2ccc(O)c(N)c2O)cc1. The number of phenols is 2. The first-order valence-electron chi connectivity index (χ1n) is 5.54.